The van der Waals surface area contributed by atoms with E-state index in [1.54, 1.807) is 12.1 Å². The average molecular weight is 488 g/mol. The van der Waals surface area contributed by atoms with Gasteiger partial charge in [-0.25, -0.2) is 13.4 Å². The summed E-state index contributed by atoms with van der Waals surface area (Å²) in [4.78, 5) is 15.5. The molecule has 0 unspecified atom stereocenters. The van der Waals surface area contributed by atoms with Gasteiger partial charge < -0.3 is 5.32 Å². The van der Waals surface area contributed by atoms with E-state index in [2.05, 4.69) is 42.2 Å². The normalized spacial score (nSPS) is 12.0. The van der Waals surface area contributed by atoms with Gasteiger partial charge in [-0.2, -0.15) is 13.2 Å². The highest BCUT2D eigenvalue weighted by atomic mass is 79.9. The van der Waals surface area contributed by atoms with Gasteiger partial charge in [0, 0.05) is 15.1 Å². The summed E-state index contributed by atoms with van der Waals surface area (Å²) in [7, 11) is -5.76. The molecule has 2 aromatic rings. The lowest BCUT2D eigenvalue weighted by atomic mass is 10.2. The number of halogens is 5. The molecular weight excluding hydrogens is 481 g/mol. The van der Waals surface area contributed by atoms with Crippen LogP contribution in [0.2, 0.25) is 0 Å². The number of hydrogen-bond acceptors (Lipinski definition) is 4. The molecule has 1 amide bonds. The first-order chi connectivity index (χ1) is 11.0. The summed E-state index contributed by atoms with van der Waals surface area (Å²) in [6.45, 7) is 0. The van der Waals surface area contributed by atoms with Gasteiger partial charge in [0.2, 0.25) is 0 Å². The number of anilines is 1. The van der Waals surface area contributed by atoms with Crippen LogP contribution in [-0.2, 0) is 9.84 Å². The Morgan fingerprint density at radius 1 is 1.17 bits per heavy atom. The van der Waals surface area contributed by atoms with Crippen LogP contribution in [0.5, 0.6) is 0 Å². The smallest absolute Gasteiger partial charge is 0.321 e. The number of nitrogens with zero attached hydrogens (tertiary/aromatic N) is 1. The predicted molar refractivity (Wildman–Crippen MR) is 87.3 cm³/mol. The largest absolute Gasteiger partial charge is 0.503 e. The lowest BCUT2D eigenvalue weighted by molar-refractivity contribution is -0.0438. The van der Waals surface area contributed by atoms with Gasteiger partial charge >= 0.3 is 5.51 Å². The van der Waals surface area contributed by atoms with Crippen LogP contribution in [0, 0.1) is 0 Å². The number of alkyl halides is 3. The van der Waals surface area contributed by atoms with Crippen LogP contribution in [0.15, 0.2) is 50.5 Å². The van der Waals surface area contributed by atoms with Crippen molar-refractivity contribution in [3.8, 4) is 0 Å². The highest BCUT2D eigenvalue weighted by Gasteiger charge is 2.49. The average Bonchev–Trinajstić information content (AvgIpc) is 2.49. The van der Waals surface area contributed by atoms with Gasteiger partial charge in [-0.1, -0.05) is 15.9 Å². The van der Waals surface area contributed by atoms with Gasteiger partial charge in [-0.05, 0) is 46.3 Å². The second-order valence-electron chi connectivity index (χ2n) is 4.38. The second kappa shape index (κ2) is 6.81. The maximum Gasteiger partial charge on any atom is 0.503 e. The molecule has 0 fully saturated rings. The van der Waals surface area contributed by atoms with Crippen LogP contribution in [0.1, 0.15) is 10.4 Å². The summed E-state index contributed by atoms with van der Waals surface area (Å²) < 4.78 is 62.4. The van der Waals surface area contributed by atoms with E-state index in [1.165, 1.54) is 12.1 Å². The lowest BCUT2D eigenvalue weighted by Gasteiger charge is -2.12. The molecule has 11 heteroatoms. The van der Waals surface area contributed by atoms with E-state index in [0.717, 1.165) is 12.3 Å². The number of pyridine rings is 1. The quantitative estimate of drug-likeness (QED) is 0.705. The minimum Gasteiger partial charge on any atom is -0.321 e. The minimum absolute atomic E-state index is 0.244. The Kier molecular flexibility index (Phi) is 5.35. The van der Waals surface area contributed by atoms with Gasteiger partial charge in [0.15, 0.2) is 5.03 Å². The molecule has 0 spiro atoms. The number of nitrogens with one attached hydrogen (secondary N) is 1. The molecule has 2 rings (SSSR count). The Balaban J connectivity index is 2.47. The number of rotatable bonds is 3. The summed E-state index contributed by atoms with van der Waals surface area (Å²) in [6.07, 6.45) is 0.866. The Morgan fingerprint density at radius 3 is 2.46 bits per heavy atom. The van der Waals surface area contributed by atoms with E-state index in [9.17, 15) is 26.4 Å². The van der Waals surface area contributed by atoms with E-state index < -0.39 is 31.8 Å². The number of amides is 1. The van der Waals surface area contributed by atoms with Crippen molar-refractivity contribution in [2.45, 2.75) is 10.5 Å². The fourth-order valence-corrected chi connectivity index (χ4v) is 3.25. The fourth-order valence-electron chi connectivity index (χ4n) is 1.67. The number of hydrogen-bond donors (Lipinski definition) is 1. The van der Waals surface area contributed by atoms with E-state index in [4.69, 9.17) is 0 Å². The molecule has 0 aliphatic rings. The van der Waals surface area contributed by atoms with E-state index in [0.29, 0.717) is 8.95 Å². The maximum absolute atomic E-state index is 12.7. The molecule has 1 N–H and O–H groups in total. The van der Waals surface area contributed by atoms with Gasteiger partial charge in [0.05, 0.1) is 11.3 Å². The first-order valence-corrected chi connectivity index (χ1v) is 9.13. The predicted octanol–water partition coefficient (Wildman–Crippen LogP) is 4.15. The van der Waals surface area contributed by atoms with Gasteiger partial charge in [0.25, 0.3) is 15.7 Å². The molecule has 1 aromatic carbocycles. The molecule has 0 radical (unpaired) electrons. The SMILES string of the molecule is O=C(Nc1cc(Br)ccc1Br)c1cccnc1S(=O)(=O)C(F)(F)F. The zero-order chi connectivity index (χ0) is 18.1. The van der Waals surface area contributed by atoms with Gasteiger partial charge in [-0.15, -0.1) is 0 Å². The standard InChI is InChI=1S/C13H7Br2F3N2O3S/c14-7-3-4-9(15)10(6-7)20-11(21)8-2-1-5-19-12(8)24(22,23)13(16,17)18/h1-6H,(H,20,21). The molecule has 1 heterocycles. The number of carbonyl (C=O) groups excluding carboxylic acids is 1. The van der Waals surface area contributed by atoms with Crippen LogP contribution >= 0.6 is 31.9 Å². The van der Waals surface area contributed by atoms with Crippen LogP contribution in [0.3, 0.4) is 0 Å². The minimum atomic E-state index is -5.76. The number of sulfone groups is 1. The lowest BCUT2D eigenvalue weighted by Crippen LogP contribution is -2.27. The van der Waals surface area contributed by atoms with Crippen molar-refractivity contribution in [1.82, 2.24) is 4.98 Å². The van der Waals surface area contributed by atoms with Crippen molar-refractivity contribution in [1.29, 1.82) is 0 Å². The van der Waals surface area contributed by atoms with Crippen LogP contribution in [0.25, 0.3) is 0 Å². The molecular formula is C13H7Br2F3N2O3S. The first-order valence-electron chi connectivity index (χ1n) is 6.07. The Labute approximate surface area is 151 Å². The molecule has 0 aliphatic carbocycles. The monoisotopic (exact) mass is 486 g/mol. The third kappa shape index (κ3) is 3.78. The van der Waals surface area contributed by atoms with Crippen molar-refractivity contribution in [3.05, 3.63) is 51.0 Å². The Morgan fingerprint density at radius 2 is 1.83 bits per heavy atom. The molecule has 24 heavy (non-hydrogen) atoms. The summed E-state index contributed by atoms with van der Waals surface area (Å²) >= 11 is 6.36. The molecule has 128 valence electrons. The molecule has 0 atom stereocenters. The number of benzene rings is 1. The van der Waals surface area contributed by atoms with Crippen LogP contribution in [-0.4, -0.2) is 24.8 Å². The van der Waals surface area contributed by atoms with Gasteiger partial charge in [-0.3, -0.25) is 4.79 Å². The van der Waals surface area contributed by atoms with Crippen LogP contribution in [0.4, 0.5) is 18.9 Å². The molecule has 0 saturated heterocycles. The molecule has 5 nitrogen and oxygen atoms in total. The third-order valence-electron chi connectivity index (χ3n) is 2.75. The van der Waals surface area contributed by atoms with Crippen molar-refractivity contribution in [3.63, 3.8) is 0 Å². The highest BCUT2D eigenvalue weighted by Crippen LogP contribution is 2.32. The number of aromatic nitrogens is 1. The van der Waals surface area contributed by atoms with Crippen LogP contribution < -0.4 is 5.32 Å². The molecule has 0 aliphatic heterocycles. The number of carbonyl (C=O) groups is 1. The highest BCUT2D eigenvalue weighted by molar-refractivity contribution is 9.11. The molecule has 1 aromatic heterocycles. The summed E-state index contributed by atoms with van der Waals surface area (Å²) in [5, 5.41) is 0.997. The van der Waals surface area contributed by atoms with Crippen molar-refractivity contribution in [2.24, 2.45) is 0 Å². The second-order valence-corrected chi connectivity index (χ2v) is 8.01. The van der Waals surface area contributed by atoms with E-state index in [-0.39, 0.29) is 5.69 Å². The van der Waals surface area contributed by atoms with Gasteiger partial charge in [0.1, 0.15) is 0 Å². The summed E-state index contributed by atoms with van der Waals surface area (Å²) in [5.41, 5.74) is -6.03. The van der Waals surface area contributed by atoms with Crippen molar-refractivity contribution < 1.29 is 26.4 Å². The molecule has 0 bridgehead atoms. The zero-order valence-corrected chi connectivity index (χ0v) is 15.4. The van der Waals surface area contributed by atoms with Crippen molar-refractivity contribution in [2.75, 3.05) is 5.32 Å². The summed E-state index contributed by atoms with van der Waals surface area (Å²) in [5.74, 6) is -1.04. The fraction of sp³-hybridized carbons (Fsp3) is 0.0769. The maximum atomic E-state index is 12.7. The summed E-state index contributed by atoms with van der Waals surface area (Å²) in [6, 6.07) is 6.88. The zero-order valence-electron chi connectivity index (χ0n) is 11.4. The topological polar surface area (TPSA) is 76.1 Å². The van der Waals surface area contributed by atoms with E-state index in [1.807, 2.05) is 0 Å². The van der Waals surface area contributed by atoms with Crippen molar-refractivity contribution >= 4 is 53.3 Å². The first kappa shape index (κ1) is 18.9. The Hall–Kier alpha value is -1.46. The third-order valence-corrected chi connectivity index (χ3v) is 5.38. The van der Waals surface area contributed by atoms with E-state index >= 15 is 0 Å². The molecule has 0 saturated carbocycles. The Bertz CT molecular complexity index is 902.